The molecule has 0 spiro atoms. The summed E-state index contributed by atoms with van der Waals surface area (Å²) in [4.78, 5) is 2.22. The molecule has 2 nitrogen and oxygen atoms in total. The number of para-hydroxylation sites is 1. The van der Waals surface area contributed by atoms with Crippen molar-refractivity contribution in [1.29, 1.82) is 0 Å². The summed E-state index contributed by atoms with van der Waals surface area (Å²) in [5.74, 6) is -0.175. The van der Waals surface area contributed by atoms with E-state index in [1.807, 2.05) is 36.4 Å². The Morgan fingerprint density at radius 3 is 2.48 bits per heavy atom. The van der Waals surface area contributed by atoms with Gasteiger partial charge in [-0.05, 0) is 36.7 Å². The van der Waals surface area contributed by atoms with Crippen molar-refractivity contribution in [3.05, 3.63) is 63.9 Å². The lowest BCUT2D eigenvalue weighted by Crippen LogP contribution is -2.24. The van der Waals surface area contributed by atoms with Crippen LogP contribution in [0.2, 0.25) is 0 Å². The maximum Gasteiger partial charge on any atom is 0.128 e. The van der Waals surface area contributed by atoms with Crippen molar-refractivity contribution in [3.8, 4) is 0 Å². The number of rotatable bonds is 6. The fourth-order valence-corrected chi connectivity index (χ4v) is 2.67. The molecule has 2 aromatic carbocycles. The molecular weight excluding hydrogens is 331 g/mol. The third-order valence-corrected chi connectivity index (χ3v) is 3.89. The molecule has 0 aliphatic heterocycles. The summed E-state index contributed by atoms with van der Waals surface area (Å²) < 4.78 is 14.7. The van der Waals surface area contributed by atoms with Crippen LogP contribution < -0.4 is 5.73 Å². The molecule has 0 bridgehead atoms. The van der Waals surface area contributed by atoms with E-state index in [4.69, 9.17) is 5.73 Å². The summed E-state index contributed by atoms with van der Waals surface area (Å²) in [5, 5.41) is 0. The molecule has 4 heteroatoms. The molecule has 0 aliphatic rings. The maximum absolute atomic E-state index is 14.0. The van der Waals surface area contributed by atoms with E-state index in [1.165, 1.54) is 6.07 Å². The van der Waals surface area contributed by atoms with E-state index in [2.05, 4.69) is 27.8 Å². The molecule has 0 saturated carbocycles. The van der Waals surface area contributed by atoms with Crippen molar-refractivity contribution in [3.63, 3.8) is 0 Å². The predicted molar refractivity (Wildman–Crippen MR) is 89.4 cm³/mol. The van der Waals surface area contributed by atoms with Gasteiger partial charge in [-0.1, -0.05) is 47.1 Å². The Hall–Kier alpha value is -1.39. The summed E-state index contributed by atoms with van der Waals surface area (Å²) in [6.07, 6.45) is 1.02. The van der Waals surface area contributed by atoms with Gasteiger partial charge in [0, 0.05) is 28.8 Å². The number of benzene rings is 2. The molecule has 21 heavy (non-hydrogen) atoms. The molecule has 0 atom stereocenters. The van der Waals surface area contributed by atoms with E-state index in [0.717, 1.165) is 35.2 Å². The standard InChI is InChI=1S/C17H20BrFN2/c1-2-9-21(12-14-5-3-4-6-17(14)20)11-13-7-8-15(18)10-16(13)19/h3-8,10H,2,9,11-12,20H2,1H3. The Labute approximate surface area is 133 Å². The van der Waals surface area contributed by atoms with Crippen molar-refractivity contribution in [2.24, 2.45) is 0 Å². The van der Waals surface area contributed by atoms with Crippen LogP contribution in [0.25, 0.3) is 0 Å². The molecule has 2 aromatic rings. The average Bonchev–Trinajstić information content (AvgIpc) is 2.44. The van der Waals surface area contributed by atoms with E-state index in [1.54, 1.807) is 0 Å². The highest BCUT2D eigenvalue weighted by molar-refractivity contribution is 9.10. The summed E-state index contributed by atoms with van der Waals surface area (Å²) in [6, 6.07) is 13.1. The number of anilines is 1. The van der Waals surface area contributed by atoms with Crippen molar-refractivity contribution in [2.45, 2.75) is 26.4 Å². The van der Waals surface area contributed by atoms with Crippen LogP contribution in [0.15, 0.2) is 46.9 Å². The van der Waals surface area contributed by atoms with Crippen LogP contribution in [-0.4, -0.2) is 11.4 Å². The van der Waals surface area contributed by atoms with Crippen molar-refractivity contribution in [1.82, 2.24) is 4.90 Å². The third-order valence-electron chi connectivity index (χ3n) is 3.40. The SMILES string of the molecule is CCCN(Cc1ccccc1N)Cc1ccc(Br)cc1F. The number of hydrogen-bond donors (Lipinski definition) is 1. The molecule has 112 valence electrons. The Balaban J connectivity index is 2.14. The molecule has 2 rings (SSSR count). The van der Waals surface area contributed by atoms with E-state index in [-0.39, 0.29) is 5.82 Å². The van der Waals surface area contributed by atoms with Gasteiger partial charge in [-0.25, -0.2) is 4.39 Å². The first-order valence-corrected chi connectivity index (χ1v) is 7.89. The lowest BCUT2D eigenvalue weighted by Gasteiger charge is -2.23. The lowest BCUT2D eigenvalue weighted by atomic mass is 10.1. The smallest absolute Gasteiger partial charge is 0.128 e. The first-order valence-electron chi connectivity index (χ1n) is 7.09. The van der Waals surface area contributed by atoms with Crippen LogP contribution in [0.5, 0.6) is 0 Å². The van der Waals surface area contributed by atoms with Crippen molar-refractivity contribution >= 4 is 21.6 Å². The molecule has 0 unspecified atom stereocenters. The van der Waals surface area contributed by atoms with Gasteiger partial charge in [-0.3, -0.25) is 4.90 Å². The number of hydrogen-bond acceptors (Lipinski definition) is 2. The van der Waals surface area contributed by atoms with Crippen LogP contribution in [-0.2, 0) is 13.1 Å². The minimum atomic E-state index is -0.175. The minimum Gasteiger partial charge on any atom is -0.398 e. The van der Waals surface area contributed by atoms with E-state index < -0.39 is 0 Å². The number of nitrogen functional groups attached to an aromatic ring is 1. The second kappa shape index (κ2) is 7.57. The summed E-state index contributed by atoms with van der Waals surface area (Å²) >= 11 is 3.29. The van der Waals surface area contributed by atoms with E-state index in [0.29, 0.717) is 12.1 Å². The average molecular weight is 351 g/mol. The maximum atomic E-state index is 14.0. The molecule has 2 N–H and O–H groups in total. The Kier molecular flexibility index (Phi) is 5.76. The second-order valence-corrected chi connectivity index (χ2v) is 6.06. The molecule has 0 amide bonds. The topological polar surface area (TPSA) is 29.3 Å². The zero-order chi connectivity index (χ0) is 15.2. The molecule has 0 aromatic heterocycles. The first-order chi connectivity index (χ1) is 10.1. The highest BCUT2D eigenvalue weighted by Gasteiger charge is 2.11. The number of halogens is 2. The largest absolute Gasteiger partial charge is 0.398 e. The van der Waals surface area contributed by atoms with Gasteiger partial charge in [0.15, 0.2) is 0 Å². The summed E-state index contributed by atoms with van der Waals surface area (Å²) in [5.41, 5.74) is 8.58. The van der Waals surface area contributed by atoms with Crippen LogP contribution in [0.1, 0.15) is 24.5 Å². The lowest BCUT2D eigenvalue weighted by molar-refractivity contribution is 0.254. The van der Waals surface area contributed by atoms with E-state index in [9.17, 15) is 4.39 Å². The zero-order valence-corrected chi connectivity index (χ0v) is 13.7. The molecule has 0 radical (unpaired) electrons. The van der Waals surface area contributed by atoms with Gasteiger partial charge in [0.2, 0.25) is 0 Å². The highest BCUT2D eigenvalue weighted by Crippen LogP contribution is 2.19. The normalized spacial score (nSPS) is 11.0. The quantitative estimate of drug-likeness (QED) is 0.772. The summed E-state index contributed by atoms with van der Waals surface area (Å²) in [7, 11) is 0. The van der Waals surface area contributed by atoms with Gasteiger partial charge in [0.25, 0.3) is 0 Å². The molecule has 0 saturated heterocycles. The highest BCUT2D eigenvalue weighted by atomic mass is 79.9. The molecule has 0 aliphatic carbocycles. The van der Waals surface area contributed by atoms with E-state index >= 15 is 0 Å². The molecular formula is C17H20BrFN2. The van der Waals surface area contributed by atoms with Crippen molar-refractivity contribution in [2.75, 3.05) is 12.3 Å². The second-order valence-electron chi connectivity index (χ2n) is 5.15. The van der Waals surface area contributed by atoms with Crippen molar-refractivity contribution < 1.29 is 4.39 Å². The van der Waals surface area contributed by atoms with Gasteiger partial charge < -0.3 is 5.73 Å². The zero-order valence-electron chi connectivity index (χ0n) is 12.2. The monoisotopic (exact) mass is 350 g/mol. The van der Waals surface area contributed by atoms with Gasteiger partial charge in [0.1, 0.15) is 5.82 Å². The minimum absolute atomic E-state index is 0.175. The Morgan fingerprint density at radius 2 is 1.81 bits per heavy atom. The third kappa shape index (κ3) is 4.55. The number of nitrogens with zero attached hydrogens (tertiary/aromatic N) is 1. The predicted octanol–water partition coefficient (Wildman–Crippen LogP) is 4.58. The first kappa shape index (κ1) is 16.0. The van der Waals surface area contributed by atoms with Gasteiger partial charge >= 0.3 is 0 Å². The van der Waals surface area contributed by atoms with Gasteiger partial charge in [-0.2, -0.15) is 0 Å². The van der Waals surface area contributed by atoms with Gasteiger partial charge in [-0.15, -0.1) is 0 Å². The molecule has 0 fully saturated rings. The van der Waals surface area contributed by atoms with Gasteiger partial charge in [0.05, 0.1) is 0 Å². The summed E-state index contributed by atoms with van der Waals surface area (Å²) in [6.45, 7) is 4.35. The van der Waals surface area contributed by atoms with Crippen LogP contribution >= 0.6 is 15.9 Å². The molecule has 0 heterocycles. The fourth-order valence-electron chi connectivity index (χ4n) is 2.34. The van der Waals surface area contributed by atoms with Crippen LogP contribution in [0.3, 0.4) is 0 Å². The fraction of sp³-hybridized carbons (Fsp3) is 0.294. The Morgan fingerprint density at radius 1 is 1.10 bits per heavy atom. The Bertz CT molecular complexity index is 601. The number of nitrogens with two attached hydrogens (primary N) is 1. The van der Waals surface area contributed by atoms with Crippen LogP contribution in [0, 0.1) is 5.82 Å². The van der Waals surface area contributed by atoms with Crippen LogP contribution in [0.4, 0.5) is 10.1 Å².